The second-order valence-corrected chi connectivity index (χ2v) is 12.0. The average Bonchev–Trinajstić information content (AvgIpc) is 2.94. The Kier molecular flexibility index (Phi) is 5.55. The lowest BCUT2D eigenvalue weighted by Gasteiger charge is -2.65. The van der Waals surface area contributed by atoms with Crippen molar-refractivity contribution < 1.29 is 24.2 Å². The molecule has 4 rings (SSSR count). The highest BCUT2D eigenvalue weighted by Gasteiger charge is 2.68. The molecule has 0 heterocycles. The summed E-state index contributed by atoms with van der Waals surface area (Å²) >= 11 is 0. The third kappa shape index (κ3) is 3.28. The Bertz CT molecular complexity index is 750. The standard InChI is InChI=1S/C26H42O5/c1-16(30-17(2)27)26(29)14-10-22-20-8-11-23(4)15-19(31-18(3)28)7-12-24(23,5)21(20)9-13-25(22,26)6/h16,19-22,29H,7-15H2,1-6H3/t16-,19-,20+,21-,22+,23+,24-,25+,26+/m1/s1. The number of rotatable bonds is 3. The molecule has 0 amide bonds. The van der Waals surface area contributed by atoms with Crippen molar-refractivity contribution in [2.75, 3.05) is 0 Å². The summed E-state index contributed by atoms with van der Waals surface area (Å²) in [5, 5.41) is 11.8. The van der Waals surface area contributed by atoms with E-state index in [9.17, 15) is 14.7 Å². The minimum atomic E-state index is -0.942. The number of carbonyl (C=O) groups is 2. The predicted octanol–water partition coefficient (Wildman–Crippen LogP) is 5.03. The average molecular weight is 435 g/mol. The molecule has 0 aromatic rings. The molecule has 0 bridgehead atoms. The molecule has 4 aliphatic carbocycles. The van der Waals surface area contributed by atoms with Gasteiger partial charge in [0.2, 0.25) is 0 Å². The third-order valence-electron chi connectivity index (χ3n) is 10.9. The Morgan fingerprint density at radius 1 is 0.871 bits per heavy atom. The van der Waals surface area contributed by atoms with E-state index < -0.39 is 11.7 Å². The van der Waals surface area contributed by atoms with Crippen LogP contribution in [0.15, 0.2) is 0 Å². The zero-order valence-corrected chi connectivity index (χ0v) is 20.3. The lowest BCUT2D eigenvalue weighted by molar-refractivity contribution is -0.212. The molecular formula is C26H42O5. The number of fused-ring (bicyclic) bond motifs is 5. The highest BCUT2D eigenvalue weighted by Crippen LogP contribution is 2.71. The largest absolute Gasteiger partial charge is 0.463 e. The molecule has 176 valence electrons. The van der Waals surface area contributed by atoms with Crippen LogP contribution in [0, 0.1) is 34.0 Å². The molecule has 0 radical (unpaired) electrons. The van der Waals surface area contributed by atoms with Gasteiger partial charge in [-0.15, -0.1) is 0 Å². The van der Waals surface area contributed by atoms with Gasteiger partial charge < -0.3 is 14.6 Å². The summed E-state index contributed by atoms with van der Waals surface area (Å²) in [7, 11) is 0. The van der Waals surface area contributed by atoms with Gasteiger partial charge in [0.25, 0.3) is 0 Å². The first-order valence-electron chi connectivity index (χ1n) is 12.4. The molecule has 1 N–H and O–H groups in total. The SMILES string of the molecule is CC(=O)O[C@@H]1CC[C@]2(C)[C@@H]3CC[C@@]4(C)[C@@H](CC[C@]4(O)[C@@H](C)OC(C)=O)[C@H]3CC[C@@]2(C)C1. The molecule has 0 aromatic heterocycles. The summed E-state index contributed by atoms with van der Waals surface area (Å²) in [4.78, 5) is 23.2. The van der Waals surface area contributed by atoms with Gasteiger partial charge in [0, 0.05) is 19.3 Å². The fraction of sp³-hybridized carbons (Fsp3) is 0.923. The Morgan fingerprint density at radius 2 is 1.48 bits per heavy atom. The maximum atomic E-state index is 11.8. The van der Waals surface area contributed by atoms with Crippen LogP contribution >= 0.6 is 0 Å². The van der Waals surface area contributed by atoms with Crippen molar-refractivity contribution in [3.05, 3.63) is 0 Å². The van der Waals surface area contributed by atoms with Gasteiger partial charge in [-0.05, 0) is 93.3 Å². The first-order valence-corrected chi connectivity index (χ1v) is 12.4. The Balaban J connectivity index is 1.58. The maximum absolute atomic E-state index is 11.8. The summed E-state index contributed by atoms with van der Waals surface area (Å²) < 4.78 is 11.2. The van der Waals surface area contributed by atoms with E-state index >= 15 is 0 Å². The molecular weight excluding hydrogens is 392 g/mol. The number of ether oxygens (including phenoxy) is 2. The zero-order chi connectivity index (χ0) is 22.8. The summed E-state index contributed by atoms with van der Waals surface area (Å²) in [5.74, 6) is 1.26. The van der Waals surface area contributed by atoms with Crippen molar-refractivity contribution in [2.24, 2.45) is 34.0 Å². The molecule has 0 spiro atoms. The Labute approximate surface area is 187 Å². The minimum absolute atomic E-state index is 0.0575. The topological polar surface area (TPSA) is 72.8 Å². The number of hydrogen-bond acceptors (Lipinski definition) is 5. The monoisotopic (exact) mass is 434 g/mol. The fourth-order valence-corrected chi connectivity index (χ4v) is 8.99. The van der Waals surface area contributed by atoms with E-state index in [2.05, 4.69) is 20.8 Å². The first kappa shape index (κ1) is 23.1. The van der Waals surface area contributed by atoms with Crippen LogP contribution in [0.1, 0.15) is 99.3 Å². The molecule has 0 aliphatic heterocycles. The van der Waals surface area contributed by atoms with Crippen molar-refractivity contribution in [3.8, 4) is 0 Å². The molecule has 0 saturated heterocycles. The lowest BCUT2D eigenvalue weighted by atomic mass is 9.40. The van der Waals surface area contributed by atoms with Crippen molar-refractivity contribution in [1.82, 2.24) is 0 Å². The fourth-order valence-electron chi connectivity index (χ4n) is 8.99. The second kappa shape index (κ2) is 7.46. The van der Waals surface area contributed by atoms with Crippen LogP contribution in [0.3, 0.4) is 0 Å². The van der Waals surface area contributed by atoms with Crippen molar-refractivity contribution >= 4 is 11.9 Å². The molecule has 0 aromatic carbocycles. The van der Waals surface area contributed by atoms with Crippen LogP contribution in [0.25, 0.3) is 0 Å². The number of esters is 2. The molecule has 31 heavy (non-hydrogen) atoms. The molecule has 5 nitrogen and oxygen atoms in total. The van der Waals surface area contributed by atoms with E-state index in [1.54, 1.807) is 0 Å². The summed E-state index contributed by atoms with van der Waals surface area (Å²) in [5.41, 5.74) is -0.707. The van der Waals surface area contributed by atoms with E-state index in [0.29, 0.717) is 24.2 Å². The Hall–Kier alpha value is -1.10. The highest BCUT2D eigenvalue weighted by molar-refractivity contribution is 5.66. The number of hydrogen-bond donors (Lipinski definition) is 1. The molecule has 5 heteroatoms. The number of aliphatic hydroxyl groups is 1. The van der Waals surface area contributed by atoms with Crippen LogP contribution in [-0.2, 0) is 19.1 Å². The predicted molar refractivity (Wildman–Crippen MR) is 118 cm³/mol. The summed E-state index contributed by atoms with van der Waals surface area (Å²) in [6.45, 7) is 12.0. The van der Waals surface area contributed by atoms with Gasteiger partial charge in [0.05, 0.1) is 0 Å². The van der Waals surface area contributed by atoms with Crippen LogP contribution in [0.4, 0.5) is 0 Å². The first-order chi connectivity index (χ1) is 14.4. The van der Waals surface area contributed by atoms with E-state index in [-0.39, 0.29) is 34.3 Å². The van der Waals surface area contributed by atoms with Crippen molar-refractivity contribution in [3.63, 3.8) is 0 Å². The number of carbonyl (C=O) groups excluding carboxylic acids is 2. The van der Waals surface area contributed by atoms with Crippen LogP contribution in [-0.4, -0.2) is 34.9 Å². The van der Waals surface area contributed by atoms with Crippen LogP contribution < -0.4 is 0 Å². The quantitative estimate of drug-likeness (QED) is 0.631. The van der Waals surface area contributed by atoms with Gasteiger partial charge in [0.1, 0.15) is 17.8 Å². The molecule has 0 unspecified atom stereocenters. The minimum Gasteiger partial charge on any atom is -0.463 e. The highest BCUT2D eigenvalue weighted by atomic mass is 16.6. The van der Waals surface area contributed by atoms with E-state index in [4.69, 9.17) is 9.47 Å². The maximum Gasteiger partial charge on any atom is 0.302 e. The van der Waals surface area contributed by atoms with Crippen LogP contribution in [0.2, 0.25) is 0 Å². The molecule has 4 saturated carbocycles. The normalized spacial score (nSPS) is 49.9. The van der Waals surface area contributed by atoms with Gasteiger partial charge in [-0.1, -0.05) is 20.8 Å². The van der Waals surface area contributed by atoms with E-state index in [0.717, 1.165) is 44.9 Å². The summed E-state index contributed by atoms with van der Waals surface area (Å²) in [6.07, 6.45) is 8.82. The van der Waals surface area contributed by atoms with Crippen LogP contribution in [0.5, 0.6) is 0 Å². The molecule has 4 fully saturated rings. The van der Waals surface area contributed by atoms with Crippen molar-refractivity contribution in [1.29, 1.82) is 0 Å². The van der Waals surface area contributed by atoms with Crippen molar-refractivity contribution in [2.45, 2.75) is 117 Å². The van der Waals surface area contributed by atoms with E-state index in [1.165, 1.54) is 20.3 Å². The molecule has 4 aliphatic rings. The van der Waals surface area contributed by atoms with Gasteiger partial charge in [-0.25, -0.2) is 0 Å². The summed E-state index contributed by atoms with van der Waals surface area (Å²) in [6, 6.07) is 0. The molecule has 9 atom stereocenters. The smallest absolute Gasteiger partial charge is 0.302 e. The van der Waals surface area contributed by atoms with Gasteiger partial charge in [-0.2, -0.15) is 0 Å². The Morgan fingerprint density at radius 3 is 2.13 bits per heavy atom. The van der Waals surface area contributed by atoms with Gasteiger partial charge >= 0.3 is 11.9 Å². The lowest BCUT2D eigenvalue weighted by Crippen LogP contribution is -2.61. The van der Waals surface area contributed by atoms with Gasteiger partial charge in [0.15, 0.2) is 0 Å². The van der Waals surface area contributed by atoms with Gasteiger partial charge in [-0.3, -0.25) is 9.59 Å². The zero-order valence-electron chi connectivity index (χ0n) is 20.3. The third-order valence-corrected chi connectivity index (χ3v) is 10.9. The van der Waals surface area contributed by atoms with E-state index in [1.807, 2.05) is 6.92 Å². The second-order valence-electron chi connectivity index (χ2n) is 12.0.